The first-order chi connectivity index (χ1) is 21.4. The molecule has 5 rings (SSSR count). The summed E-state index contributed by atoms with van der Waals surface area (Å²) in [6.45, 7) is 7.12. The van der Waals surface area contributed by atoms with Gasteiger partial charge >= 0.3 is 6.18 Å². The maximum absolute atomic E-state index is 13.4. The number of para-hydroxylation sites is 1. The van der Waals surface area contributed by atoms with Crippen LogP contribution >= 0.6 is 11.3 Å². The van der Waals surface area contributed by atoms with Gasteiger partial charge in [-0.3, -0.25) is 14.4 Å². The quantitative estimate of drug-likeness (QED) is 0.130. The molecular weight excluding hydrogens is 605 g/mol. The number of carbonyl (C=O) groups excluding carboxylic acids is 3. The molecule has 9 nitrogen and oxygen atoms in total. The monoisotopic (exact) mass is 630 g/mol. The van der Waals surface area contributed by atoms with Gasteiger partial charge in [0.1, 0.15) is 6.33 Å². The van der Waals surface area contributed by atoms with Gasteiger partial charge in [0.05, 0.1) is 32.7 Å². The van der Waals surface area contributed by atoms with Crippen LogP contribution in [0.3, 0.4) is 0 Å². The SMILES string of the molecule is C=CC(=O)Nc1cccc(C)c1Nc1ncnc2c(C(=O)Nc3cc(NC(=O)c4cccc(C(F)(F)F)c4)ccc3C)csc12. The number of aromatic nitrogens is 2. The minimum atomic E-state index is -4.59. The topological polar surface area (TPSA) is 125 Å². The number of rotatable bonds is 8. The van der Waals surface area contributed by atoms with E-state index < -0.39 is 23.6 Å². The van der Waals surface area contributed by atoms with E-state index in [-0.39, 0.29) is 22.7 Å². The normalized spacial score (nSPS) is 11.1. The van der Waals surface area contributed by atoms with Gasteiger partial charge in [0.15, 0.2) is 5.82 Å². The van der Waals surface area contributed by atoms with Crippen molar-refractivity contribution in [2.45, 2.75) is 20.0 Å². The van der Waals surface area contributed by atoms with Gasteiger partial charge in [-0.25, -0.2) is 9.97 Å². The molecule has 3 aromatic carbocycles. The summed E-state index contributed by atoms with van der Waals surface area (Å²) in [7, 11) is 0. The van der Waals surface area contributed by atoms with Gasteiger partial charge in [0.2, 0.25) is 5.91 Å². The van der Waals surface area contributed by atoms with Gasteiger partial charge in [0, 0.05) is 22.3 Å². The van der Waals surface area contributed by atoms with Crippen molar-refractivity contribution >= 4 is 67.8 Å². The molecule has 0 fully saturated rings. The highest BCUT2D eigenvalue weighted by Crippen LogP contribution is 2.35. The third kappa shape index (κ3) is 6.83. The molecule has 0 saturated heterocycles. The van der Waals surface area contributed by atoms with Gasteiger partial charge in [-0.15, -0.1) is 11.3 Å². The molecule has 0 unspecified atom stereocenters. The molecule has 0 spiro atoms. The number of nitrogens with zero attached hydrogens (tertiary/aromatic N) is 2. The molecular formula is C32H25F3N6O3S. The molecule has 2 aromatic heterocycles. The van der Waals surface area contributed by atoms with E-state index in [9.17, 15) is 27.6 Å². The summed E-state index contributed by atoms with van der Waals surface area (Å²) < 4.78 is 39.9. The number of hydrogen-bond donors (Lipinski definition) is 4. The first-order valence-electron chi connectivity index (χ1n) is 13.4. The van der Waals surface area contributed by atoms with E-state index in [4.69, 9.17) is 0 Å². The Kier molecular flexibility index (Phi) is 8.64. The Morgan fingerprint density at radius 2 is 1.64 bits per heavy atom. The zero-order valence-corrected chi connectivity index (χ0v) is 24.7. The first kappa shape index (κ1) is 30.9. The third-order valence-corrected chi connectivity index (χ3v) is 7.73. The van der Waals surface area contributed by atoms with Crippen LogP contribution in [0.2, 0.25) is 0 Å². The van der Waals surface area contributed by atoms with Crippen molar-refractivity contribution in [3.05, 3.63) is 113 Å². The molecule has 0 atom stereocenters. The van der Waals surface area contributed by atoms with Gasteiger partial charge in [-0.05, 0) is 67.4 Å². The van der Waals surface area contributed by atoms with Crippen LogP contribution in [0.5, 0.6) is 0 Å². The number of nitrogens with one attached hydrogen (secondary N) is 4. The number of aryl methyl sites for hydroxylation is 2. The number of fused-ring (bicyclic) bond motifs is 1. The van der Waals surface area contributed by atoms with Crippen LogP contribution in [0.15, 0.2) is 85.0 Å². The number of thiophene rings is 1. The standard InChI is InChI=1S/C32H25F3N6O3S/c1-4-25(42)39-23-10-5-7-18(3)26(23)41-29-28-27(36-16-37-29)22(15-45-28)31(44)40-24-14-21(12-11-17(24)2)38-30(43)19-8-6-9-20(13-19)32(33,34)35/h4-16H,1H2,2-3H3,(H,38,43)(H,39,42)(H,40,44)(H,36,37,41). The molecule has 0 aliphatic rings. The lowest BCUT2D eigenvalue weighted by molar-refractivity contribution is -0.137. The van der Waals surface area contributed by atoms with E-state index in [0.717, 1.165) is 23.8 Å². The number of benzene rings is 3. The number of anilines is 5. The van der Waals surface area contributed by atoms with Crippen LogP contribution in [-0.2, 0) is 11.0 Å². The summed E-state index contributed by atoms with van der Waals surface area (Å²) in [4.78, 5) is 46.8. The van der Waals surface area contributed by atoms with Gasteiger partial charge in [-0.2, -0.15) is 13.2 Å². The van der Waals surface area contributed by atoms with Crippen LogP contribution in [0, 0.1) is 13.8 Å². The lowest BCUT2D eigenvalue weighted by atomic mass is 10.1. The van der Waals surface area contributed by atoms with Crippen molar-refractivity contribution in [1.82, 2.24) is 9.97 Å². The Balaban J connectivity index is 1.37. The molecule has 0 saturated carbocycles. The molecule has 0 radical (unpaired) electrons. The summed E-state index contributed by atoms with van der Waals surface area (Å²) in [5.41, 5.74) is 2.91. The second kappa shape index (κ2) is 12.6. The minimum absolute atomic E-state index is 0.161. The number of halogens is 3. The second-order valence-corrected chi connectivity index (χ2v) is 10.8. The Morgan fingerprint density at radius 3 is 2.40 bits per heavy atom. The third-order valence-electron chi connectivity index (χ3n) is 6.75. The molecule has 3 amide bonds. The summed E-state index contributed by atoms with van der Waals surface area (Å²) in [5, 5.41) is 13.1. The van der Waals surface area contributed by atoms with Crippen molar-refractivity contribution in [1.29, 1.82) is 0 Å². The number of amides is 3. The fraction of sp³-hybridized carbons (Fsp3) is 0.0938. The molecule has 0 aliphatic carbocycles. The van der Waals surface area contributed by atoms with E-state index >= 15 is 0 Å². The van der Waals surface area contributed by atoms with E-state index in [2.05, 4.69) is 37.8 Å². The number of carbonyl (C=O) groups is 3. The maximum Gasteiger partial charge on any atom is 0.416 e. The molecule has 13 heteroatoms. The van der Waals surface area contributed by atoms with Gasteiger partial charge in [-0.1, -0.05) is 30.8 Å². The number of hydrogen-bond acceptors (Lipinski definition) is 7. The average molecular weight is 631 g/mol. The van der Waals surface area contributed by atoms with Crippen LogP contribution < -0.4 is 21.3 Å². The average Bonchev–Trinajstić information content (AvgIpc) is 3.45. The summed E-state index contributed by atoms with van der Waals surface area (Å²) in [5.74, 6) is -1.14. The van der Waals surface area contributed by atoms with Crippen LogP contribution in [-0.4, -0.2) is 27.7 Å². The van der Waals surface area contributed by atoms with E-state index in [1.54, 1.807) is 36.6 Å². The number of alkyl halides is 3. The predicted octanol–water partition coefficient (Wildman–Crippen LogP) is 7.70. The molecule has 228 valence electrons. The summed E-state index contributed by atoms with van der Waals surface area (Å²) in [6.07, 6.45) is -2.10. The summed E-state index contributed by atoms with van der Waals surface area (Å²) in [6, 6.07) is 14.3. The molecule has 45 heavy (non-hydrogen) atoms. The first-order valence-corrected chi connectivity index (χ1v) is 14.3. The van der Waals surface area contributed by atoms with Crippen molar-refractivity contribution in [2.75, 3.05) is 21.3 Å². The fourth-order valence-electron chi connectivity index (χ4n) is 4.41. The second-order valence-electron chi connectivity index (χ2n) is 9.88. The lowest BCUT2D eigenvalue weighted by Crippen LogP contribution is -2.15. The summed E-state index contributed by atoms with van der Waals surface area (Å²) >= 11 is 1.26. The van der Waals surface area contributed by atoms with Crippen LogP contribution in [0.4, 0.5) is 41.7 Å². The molecule has 2 heterocycles. The smallest absolute Gasteiger partial charge is 0.337 e. The molecule has 4 N–H and O–H groups in total. The van der Waals surface area contributed by atoms with Gasteiger partial charge in [0.25, 0.3) is 11.8 Å². The highest BCUT2D eigenvalue weighted by Gasteiger charge is 2.31. The van der Waals surface area contributed by atoms with Gasteiger partial charge < -0.3 is 21.3 Å². The van der Waals surface area contributed by atoms with E-state index in [1.165, 1.54) is 35.9 Å². The van der Waals surface area contributed by atoms with Crippen molar-refractivity contribution in [2.24, 2.45) is 0 Å². The fourth-order valence-corrected chi connectivity index (χ4v) is 5.35. The van der Waals surface area contributed by atoms with Crippen molar-refractivity contribution in [3.63, 3.8) is 0 Å². The largest absolute Gasteiger partial charge is 0.416 e. The maximum atomic E-state index is 13.4. The Morgan fingerprint density at radius 1 is 0.867 bits per heavy atom. The Hall–Kier alpha value is -5.56. The zero-order valence-electron chi connectivity index (χ0n) is 23.9. The lowest BCUT2D eigenvalue weighted by Gasteiger charge is -2.15. The van der Waals surface area contributed by atoms with E-state index in [0.29, 0.717) is 38.7 Å². The molecule has 0 aliphatic heterocycles. The molecule has 5 aromatic rings. The highest BCUT2D eigenvalue weighted by atomic mass is 32.1. The highest BCUT2D eigenvalue weighted by molar-refractivity contribution is 7.18. The van der Waals surface area contributed by atoms with Crippen molar-refractivity contribution < 1.29 is 27.6 Å². The van der Waals surface area contributed by atoms with E-state index in [1.807, 2.05) is 13.0 Å². The zero-order chi connectivity index (χ0) is 32.3. The van der Waals surface area contributed by atoms with Crippen molar-refractivity contribution in [3.8, 4) is 0 Å². The minimum Gasteiger partial charge on any atom is -0.337 e. The molecule has 0 bridgehead atoms. The van der Waals surface area contributed by atoms with Crippen LogP contribution in [0.1, 0.15) is 37.4 Å². The van der Waals surface area contributed by atoms with Crippen LogP contribution in [0.25, 0.3) is 10.2 Å². The Labute approximate surface area is 259 Å². The Bertz CT molecular complexity index is 1970. The predicted molar refractivity (Wildman–Crippen MR) is 169 cm³/mol.